The van der Waals surface area contributed by atoms with Crippen molar-refractivity contribution in [1.29, 1.82) is 0 Å². The molecule has 7 heteroatoms. The Morgan fingerprint density at radius 2 is 1.90 bits per heavy atom. The lowest BCUT2D eigenvalue weighted by atomic mass is 10.3. The lowest BCUT2D eigenvalue weighted by Gasteiger charge is -2.17. The number of nitrogens with one attached hydrogen (secondary N) is 2. The molecule has 0 radical (unpaired) electrons. The molecule has 20 heavy (non-hydrogen) atoms. The number of ether oxygens (including phenoxy) is 2. The van der Waals surface area contributed by atoms with E-state index in [0.717, 1.165) is 0 Å². The van der Waals surface area contributed by atoms with Crippen LogP contribution < -0.4 is 19.5 Å². The molecule has 6 nitrogen and oxygen atoms in total. The van der Waals surface area contributed by atoms with Crippen molar-refractivity contribution in [2.45, 2.75) is 32.1 Å². The van der Waals surface area contributed by atoms with Gasteiger partial charge in [-0.3, -0.25) is 4.72 Å². The van der Waals surface area contributed by atoms with Crippen LogP contribution in [0.25, 0.3) is 0 Å². The fraction of sp³-hybridized carbons (Fsp3) is 0.538. The number of anilines is 1. The van der Waals surface area contributed by atoms with Crippen molar-refractivity contribution in [3.05, 3.63) is 18.2 Å². The molecule has 1 aromatic carbocycles. The van der Waals surface area contributed by atoms with Gasteiger partial charge in [-0.05, 0) is 19.1 Å². The molecule has 0 saturated carbocycles. The Balaban J connectivity index is 2.04. The van der Waals surface area contributed by atoms with E-state index in [0.29, 0.717) is 23.7 Å². The zero-order valence-corrected chi connectivity index (χ0v) is 12.7. The molecule has 0 amide bonds. The molecule has 0 fully saturated rings. The van der Waals surface area contributed by atoms with Gasteiger partial charge in [-0.25, -0.2) is 8.42 Å². The molecule has 1 aromatic rings. The van der Waals surface area contributed by atoms with Crippen molar-refractivity contribution in [1.82, 2.24) is 5.32 Å². The van der Waals surface area contributed by atoms with Crippen molar-refractivity contribution in [2.24, 2.45) is 0 Å². The minimum absolute atomic E-state index is 0.167. The summed E-state index contributed by atoms with van der Waals surface area (Å²) >= 11 is 0. The van der Waals surface area contributed by atoms with E-state index in [9.17, 15) is 8.42 Å². The van der Waals surface area contributed by atoms with Crippen molar-refractivity contribution in [3.8, 4) is 11.5 Å². The first kappa shape index (κ1) is 14.9. The van der Waals surface area contributed by atoms with E-state index in [1.807, 2.05) is 13.8 Å². The number of fused-ring (bicyclic) bond motifs is 1. The Kier molecular flexibility index (Phi) is 4.39. The largest absolute Gasteiger partial charge is 0.454 e. The normalized spacial score (nSPS) is 15.4. The van der Waals surface area contributed by atoms with Gasteiger partial charge in [0.05, 0.1) is 10.9 Å². The number of hydrogen-bond donors (Lipinski definition) is 2. The van der Waals surface area contributed by atoms with Gasteiger partial charge in [0.2, 0.25) is 16.8 Å². The van der Waals surface area contributed by atoms with E-state index >= 15 is 0 Å². The van der Waals surface area contributed by atoms with E-state index in [2.05, 4.69) is 10.0 Å². The zero-order chi connectivity index (χ0) is 14.8. The summed E-state index contributed by atoms with van der Waals surface area (Å²) in [5.74, 6) is 1.18. The van der Waals surface area contributed by atoms with Gasteiger partial charge in [-0.2, -0.15) is 0 Å². The highest BCUT2D eigenvalue weighted by molar-refractivity contribution is 7.93. The predicted molar refractivity (Wildman–Crippen MR) is 77.7 cm³/mol. The SMILES string of the molecule is CC(C)NCC(C)S(=O)(=O)Nc1ccc2c(c1)OCO2. The van der Waals surface area contributed by atoms with Crippen molar-refractivity contribution < 1.29 is 17.9 Å². The fourth-order valence-corrected chi connectivity index (χ4v) is 2.71. The summed E-state index contributed by atoms with van der Waals surface area (Å²) in [6, 6.07) is 5.23. The fourth-order valence-electron chi connectivity index (χ4n) is 1.74. The van der Waals surface area contributed by atoms with Gasteiger partial charge in [-0.1, -0.05) is 13.8 Å². The lowest BCUT2D eigenvalue weighted by molar-refractivity contribution is 0.174. The van der Waals surface area contributed by atoms with E-state index in [4.69, 9.17) is 9.47 Å². The average Bonchev–Trinajstić information content (AvgIpc) is 2.82. The monoisotopic (exact) mass is 300 g/mol. The van der Waals surface area contributed by atoms with Crippen molar-refractivity contribution >= 4 is 15.7 Å². The Labute approximate surface area is 119 Å². The van der Waals surface area contributed by atoms with Crippen LogP contribution in [0.2, 0.25) is 0 Å². The van der Waals surface area contributed by atoms with E-state index < -0.39 is 15.3 Å². The highest BCUT2D eigenvalue weighted by Crippen LogP contribution is 2.34. The second-order valence-corrected chi connectivity index (χ2v) is 7.19. The molecule has 2 N–H and O–H groups in total. The maximum atomic E-state index is 12.2. The molecule has 0 aromatic heterocycles. The van der Waals surface area contributed by atoms with E-state index in [1.54, 1.807) is 25.1 Å². The van der Waals surface area contributed by atoms with Crippen LogP contribution in [0.5, 0.6) is 11.5 Å². The second-order valence-electron chi connectivity index (χ2n) is 5.09. The standard InChI is InChI=1S/C13H20N2O4S/c1-9(2)14-7-10(3)20(16,17)15-11-4-5-12-13(6-11)19-8-18-12/h4-6,9-10,14-15H,7-8H2,1-3H3. The van der Waals surface area contributed by atoms with Crippen molar-refractivity contribution in [2.75, 3.05) is 18.1 Å². The van der Waals surface area contributed by atoms with E-state index in [-0.39, 0.29) is 12.8 Å². The number of hydrogen-bond acceptors (Lipinski definition) is 5. The first-order valence-corrected chi connectivity index (χ1v) is 8.08. The van der Waals surface area contributed by atoms with Crippen LogP contribution in [0, 0.1) is 0 Å². The van der Waals surface area contributed by atoms with Gasteiger partial charge in [0, 0.05) is 18.7 Å². The van der Waals surface area contributed by atoms with Gasteiger partial charge >= 0.3 is 0 Å². The first-order chi connectivity index (χ1) is 9.38. The average molecular weight is 300 g/mol. The molecule has 0 saturated heterocycles. The summed E-state index contributed by atoms with van der Waals surface area (Å²) in [5.41, 5.74) is 0.477. The topological polar surface area (TPSA) is 76.7 Å². The maximum Gasteiger partial charge on any atom is 0.236 e. The van der Waals surface area contributed by atoms with Gasteiger partial charge in [0.15, 0.2) is 11.5 Å². The molecule has 1 atom stereocenters. The first-order valence-electron chi connectivity index (χ1n) is 6.53. The number of benzene rings is 1. The minimum atomic E-state index is -3.44. The van der Waals surface area contributed by atoms with Crippen LogP contribution >= 0.6 is 0 Å². The molecular formula is C13H20N2O4S. The summed E-state index contributed by atoms with van der Waals surface area (Å²) in [4.78, 5) is 0. The molecule has 0 aliphatic carbocycles. The minimum Gasteiger partial charge on any atom is -0.454 e. The van der Waals surface area contributed by atoms with Crippen LogP contribution in [-0.4, -0.2) is 33.0 Å². The quantitative estimate of drug-likeness (QED) is 0.833. The third-order valence-corrected chi connectivity index (χ3v) is 4.72. The zero-order valence-electron chi connectivity index (χ0n) is 11.8. The van der Waals surface area contributed by atoms with Crippen LogP contribution in [0.1, 0.15) is 20.8 Å². The van der Waals surface area contributed by atoms with Crippen LogP contribution in [0.15, 0.2) is 18.2 Å². The molecular weight excluding hydrogens is 280 g/mol. The third-order valence-electron chi connectivity index (χ3n) is 2.98. The summed E-state index contributed by atoms with van der Waals surface area (Å²) in [7, 11) is -3.44. The number of rotatable bonds is 6. The Bertz CT molecular complexity index is 572. The summed E-state index contributed by atoms with van der Waals surface area (Å²) in [5, 5.41) is 2.58. The third kappa shape index (κ3) is 3.55. The smallest absolute Gasteiger partial charge is 0.236 e. The van der Waals surface area contributed by atoms with Crippen LogP contribution in [0.4, 0.5) is 5.69 Å². The van der Waals surface area contributed by atoms with Gasteiger partial charge < -0.3 is 14.8 Å². The second kappa shape index (κ2) is 5.88. The lowest BCUT2D eigenvalue weighted by Crippen LogP contribution is -2.37. The molecule has 2 rings (SSSR count). The van der Waals surface area contributed by atoms with Crippen LogP contribution in [0.3, 0.4) is 0 Å². The van der Waals surface area contributed by atoms with Crippen molar-refractivity contribution in [3.63, 3.8) is 0 Å². The molecule has 1 unspecified atom stereocenters. The predicted octanol–water partition coefficient (Wildman–Crippen LogP) is 1.54. The Morgan fingerprint density at radius 3 is 2.60 bits per heavy atom. The van der Waals surface area contributed by atoms with Gasteiger partial charge in [-0.15, -0.1) is 0 Å². The Hall–Kier alpha value is -1.47. The molecule has 1 heterocycles. The highest BCUT2D eigenvalue weighted by Gasteiger charge is 2.22. The van der Waals surface area contributed by atoms with E-state index in [1.165, 1.54) is 0 Å². The molecule has 112 valence electrons. The van der Waals surface area contributed by atoms with Gasteiger partial charge in [0.1, 0.15) is 0 Å². The molecule has 0 bridgehead atoms. The Morgan fingerprint density at radius 1 is 1.20 bits per heavy atom. The number of sulfonamides is 1. The summed E-state index contributed by atoms with van der Waals surface area (Å²) in [6.07, 6.45) is 0. The molecule has 1 aliphatic heterocycles. The molecule has 0 spiro atoms. The van der Waals surface area contributed by atoms with Gasteiger partial charge in [0.25, 0.3) is 0 Å². The van der Waals surface area contributed by atoms with Crippen LogP contribution in [-0.2, 0) is 10.0 Å². The summed E-state index contributed by atoms with van der Waals surface area (Å²) in [6.45, 7) is 6.19. The maximum absolute atomic E-state index is 12.2. The molecule has 1 aliphatic rings. The highest BCUT2D eigenvalue weighted by atomic mass is 32.2. The summed E-state index contributed by atoms with van der Waals surface area (Å²) < 4.78 is 37.4.